The van der Waals surface area contributed by atoms with Crippen LogP contribution < -0.4 is 20.5 Å². The Morgan fingerprint density at radius 2 is 1.65 bits per heavy atom. The number of anilines is 2. The highest BCUT2D eigenvalue weighted by atomic mass is 16.5. The molecule has 2 amide bonds. The second kappa shape index (κ2) is 14.9. The number of aromatic amines is 1. The van der Waals surface area contributed by atoms with E-state index in [2.05, 4.69) is 72.2 Å². The van der Waals surface area contributed by atoms with Gasteiger partial charge in [0.1, 0.15) is 17.1 Å². The lowest BCUT2D eigenvalue weighted by molar-refractivity contribution is 0.256. The van der Waals surface area contributed by atoms with Crippen molar-refractivity contribution in [3.63, 3.8) is 0 Å². The minimum atomic E-state index is -0.349. The zero-order valence-electron chi connectivity index (χ0n) is 27.3. The number of fused-ring (bicyclic) bond motifs is 1. The minimum Gasteiger partial charge on any atom is -0.494 e. The van der Waals surface area contributed by atoms with Crippen LogP contribution in [0.25, 0.3) is 22.2 Å². The number of benzene rings is 2. The zero-order valence-corrected chi connectivity index (χ0v) is 27.3. The van der Waals surface area contributed by atoms with E-state index in [1.54, 1.807) is 12.3 Å². The van der Waals surface area contributed by atoms with Crippen LogP contribution in [-0.4, -0.2) is 34.1 Å². The maximum Gasteiger partial charge on any atom is 0.326 e. The minimum absolute atomic E-state index is 0.134. The van der Waals surface area contributed by atoms with Crippen LogP contribution in [0.4, 0.5) is 16.2 Å². The number of aromatic nitrogens is 3. The Bertz CT molecular complexity index is 1820. The van der Waals surface area contributed by atoms with Crippen molar-refractivity contribution < 1.29 is 9.53 Å². The summed E-state index contributed by atoms with van der Waals surface area (Å²) in [7, 11) is 0. The first kappa shape index (κ1) is 32.4. The molecule has 8 heteroatoms. The number of H-pyrrole nitrogens is 1. The lowest BCUT2D eigenvalue weighted by atomic mass is 9.88. The maximum atomic E-state index is 14.0. The van der Waals surface area contributed by atoms with Crippen LogP contribution in [0.1, 0.15) is 76.0 Å². The molecule has 0 radical (unpaired) electrons. The number of carbonyl (C=O) groups is 1. The highest BCUT2D eigenvalue weighted by Crippen LogP contribution is 2.38. The summed E-state index contributed by atoms with van der Waals surface area (Å²) in [6.45, 7) is 11.5. The highest BCUT2D eigenvalue weighted by molar-refractivity contribution is 6.03. The fourth-order valence-electron chi connectivity index (χ4n) is 5.64. The largest absolute Gasteiger partial charge is 0.494 e. The first-order valence-electron chi connectivity index (χ1n) is 16.1. The number of hydrogen-bond acceptors (Lipinski definition) is 5. The molecule has 5 rings (SSSR count). The molecule has 5 aromatic rings. The smallest absolute Gasteiger partial charge is 0.326 e. The van der Waals surface area contributed by atoms with Gasteiger partial charge in [0.25, 0.3) is 5.56 Å². The topological polar surface area (TPSA) is 100 Å². The van der Waals surface area contributed by atoms with Gasteiger partial charge in [0.2, 0.25) is 0 Å². The van der Waals surface area contributed by atoms with Gasteiger partial charge in [0.05, 0.1) is 6.61 Å². The quantitative estimate of drug-likeness (QED) is 0.136. The molecular formula is C38H43N5O3. The molecule has 0 aliphatic carbocycles. The summed E-state index contributed by atoms with van der Waals surface area (Å²) in [6.07, 6.45) is 7.80. The number of hydrogen-bond donors (Lipinski definition) is 2. The summed E-state index contributed by atoms with van der Waals surface area (Å²) in [5, 5.41) is 3.99. The SMILES string of the molecule is CCCN(C(=O)Nc1c(C(C)C)cc(-c2cccc(OCCCc3ccncc3)c2)cc1C(C)C)c1cc2cccnc2[nH]c1=O. The monoisotopic (exact) mass is 617 g/mol. The van der Waals surface area contributed by atoms with E-state index in [0.717, 1.165) is 51.9 Å². The van der Waals surface area contributed by atoms with Crippen LogP contribution in [0.5, 0.6) is 5.75 Å². The van der Waals surface area contributed by atoms with Gasteiger partial charge < -0.3 is 15.0 Å². The molecule has 46 heavy (non-hydrogen) atoms. The van der Waals surface area contributed by atoms with Gasteiger partial charge >= 0.3 is 6.03 Å². The van der Waals surface area contributed by atoms with Crippen molar-refractivity contribution in [1.82, 2.24) is 15.0 Å². The first-order valence-corrected chi connectivity index (χ1v) is 16.1. The molecule has 0 fully saturated rings. The fraction of sp³-hybridized carbons (Fsp3) is 0.316. The Hall–Kier alpha value is -4.98. The molecule has 3 heterocycles. The molecule has 0 aliphatic rings. The average Bonchev–Trinajstić information content (AvgIpc) is 3.05. The number of ether oxygens (including phenoxy) is 1. The van der Waals surface area contributed by atoms with Gasteiger partial charge in [0, 0.05) is 36.2 Å². The number of amides is 2. The number of rotatable bonds is 12. The molecule has 0 saturated heterocycles. The average molecular weight is 618 g/mol. The van der Waals surface area contributed by atoms with Gasteiger partial charge in [-0.15, -0.1) is 0 Å². The molecule has 238 valence electrons. The summed E-state index contributed by atoms with van der Waals surface area (Å²) in [4.78, 5) is 39.8. The summed E-state index contributed by atoms with van der Waals surface area (Å²) in [6, 6.07) is 21.7. The Morgan fingerprint density at radius 1 is 0.913 bits per heavy atom. The molecule has 0 saturated carbocycles. The lowest BCUT2D eigenvalue weighted by Crippen LogP contribution is -2.39. The van der Waals surface area contributed by atoms with Gasteiger partial charge in [-0.25, -0.2) is 9.78 Å². The van der Waals surface area contributed by atoms with Crippen LogP contribution in [0.15, 0.2) is 90.1 Å². The molecule has 0 atom stereocenters. The van der Waals surface area contributed by atoms with Gasteiger partial charge in [-0.05, 0) is 114 Å². The lowest BCUT2D eigenvalue weighted by Gasteiger charge is -2.26. The zero-order chi connectivity index (χ0) is 32.6. The molecular weight excluding hydrogens is 574 g/mol. The standard InChI is InChI=1S/C38H43N5O3/c1-6-19-43(34-24-29-12-8-16-40-36(29)42-37(34)44)38(45)41-35-32(25(2)3)22-30(23-33(35)26(4)5)28-11-7-13-31(21-28)46-20-9-10-27-14-17-39-18-15-27/h7-8,11-18,21-26H,6,9-10,19-20H2,1-5H3,(H,41,45)(H,40,42,44). The number of pyridine rings is 3. The van der Waals surface area contributed by atoms with E-state index in [9.17, 15) is 9.59 Å². The van der Waals surface area contributed by atoms with E-state index in [-0.39, 0.29) is 23.4 Å². The predicted molar refractivity (Wildman–Crippen MR) is 187 cm³/mol. The van der Waals surface area contributed by atoms with Gasteiger partial charge in [-0.3, -0.25) is 14.7 Å². The van der Waals surface area contributed by atoms with Crippen molar-refractivity contribution in [3.8, 4) is 16.9 Å². The number of nitrogens with zero attached hydrogens (tertiary/aromatic N) is 3. The summed E-state index contributed by atoms with van der Waals surface area (Å²) >= 11 is 0. The number of carbonyl (C=O) groups excluding carboxylic acids is 1. The third kappa shape index (κ3) is 7.62. The molecule has 0 unspecified atom stereocenters. The van der Waals surface area contributed by atoms with Crippen molar-refractivity contribution in [2.75, 3.05) is 23.4 Å². The van der Waals surface area contributed by atoms with Crippen LogP contribution in [0.2, 0.25) is 0 Å². The van der Waals surface area contributed by atoms with E-state index >= 15 is 0 Å². The van der Waals surface area contributed by atoms with Crippen molar-refractivity contribution >= 4 is 28.4 Å². The Balaban J connectivity index is 1.42. The van der Waals surface area contributed by atoms with Gasteiger partial charge in [0.15, 0.2) is 0 Å². The normalized spacial score (nSPS) is 11.3. The molecule has 8 nitrogen and oxygen atoms in total. The van der Waals surface area contributed by atoms with E-state index in [1.807, 2.05) is 55.7 Å². The van der Waals surface area contributed by atoms with Crippen molar-refractivity contribution in [3.05, 3.63) is 112 Å². The highest BCUT2D eigenvalue weighted by Gasteiger charge is 2.24. The molecule has 0 aliphatic heterocycles. The molecule has 2 N–H and O–H groups in total. The maximum absolute atomic E-state index is 14.0. The Morgan fingerprint density at radius 3 is 2.35 bits per heavy atom. The fourth-order valence-corrected chi connectivity index (χ4v) is 5.64. The van der Waals surface area contributed by atoms with Gasteiger partial charge in [-0.1, -0.05) is 46.8 Å². The van der Waals surface area contributed by atoms with Crippen LogP contribution in [-0.2, 0) is 6.42 Å². The van der Waals surface area contributed by atoms with Crippen molar-refractivity contribution in [2.45, 2.75) is 65.7 Å². The van der Waals surface area contributed by atoms with Gasteiger partial charge in [-0.2, -0.15) is 0 Å². The van der Waals surface area contributed by atoms with E-state index in [1.165, 1.54) is 10.5 Å². The van der Waals surface area contributed by atoms with E-state index in [0.29, 0.717) is 30.9 Å². The molecule has 0 bridgehead atoms. The third-order valence-corrected chi connectivity index (χ3v) is 8.05. The second-order valence-corrected chi connectivity index (χ2v) is 12.2. The first-order chi connectivity index (χ1) is 22.2. The van der Waals surface area contributed by atoms with E-state index < -0.39 is 0 Å². The number of urea groups is 1. The molecule has 3 aromatic heterocycles. The Kier molecular flexibility index (Phi) is 10.5. The second-order valence-electron chi connectivity index (χ2n) is 12.2. The predicted octanol–water partition coefficient (Wildman–Crippen LogP) is 8.69. The van der Waals surface area contributed by atoms with Crippen LogP contribution in [0.3, 0.4) is 0 Å². The summed E-state index contributed by atoms with van der Waals surface area (Å²) in [5.41, 5.74) is 6.67. The summed E-state index contributed by atoms with van der Waals surface area (Å²) < 4.78 is 6.14. The number of nitrogens with one attached hydrogen (secondary N) is 2. The Labute approximate surface area is 270 Å². The molecule has 2 aromatic carbocycles. The van der Waals surface area contributed by atoms with Crippen LogP contribution in [0, 0.1) is 0 Å². The van der Waals surface area contributed by atoms with Crippen molar-refractivity contribution in [1.29, 1.82) is 0 Å². The number of aryl methyl sites for hydroxylation is 1. The molecule has 0 spiro atoms. The van der Waals surface area contributed by atoms with Crippen LogP contribution >= 0.6 is 0 Å². The van der Waals surface area contributed by atoms with E-state index in [4.69, 9.17) is 4.74 Å². The summed E-state index contributed by atoms with van der Waals surface area (Å²) in [5.74, 6) is 1.10. The van der Waals surface area contributed by atoms with Crippen molar-refractivity contribution in [2.24, 2.45) is 0 Å². The third-order valence-electron chi connectivity index (χ3n) is 8.05.